The van der Waals surface area contributed by atoms with Gasteiger partial charge in [-0.25, -0.2) is 14.2 Å². The number of piperazine rings is 1. The Morgan fingerprint density at radius 3 is 2.36 bits per heavy atom. The van der Waals surface area contributed by atoms with E-state index >= 15 is 0 Å². The van der Waals surface area contributed by atoms with Gasteiger partial charge in [-0.15, -0.1) is 11.3 Å². The van der Waals surface area contributed by atoms with E-state index in [0.29, 0.717) is 25.6 Å². The monoisotopic (exact) mass is 527 g/mol. The normalized spacial score (nSPS) is 14.5. The first-order valence-electron chi connectivity index (χ1n) is 8.62. The molecule has 0 amide bonds. The molecule has 1 aromatic carbocycles. The molecule has 0 aliphatic carbocycles. The van der Waals surface area contributed by atoms with Gasteiger partial charge >= 0.3 is 5.69 Å². The van der Waals surface area contributed by atoms with Crippen LogP contribution in [0.1, 0.15) is 4.88 Å². The van der Waals surface area contributed by atoms with Crippen molar-refractivity contribution in [3.05, 3.63) is 66.1 Å². The molecule has 0 unspecified atom stereocenters. The van der Waals surface area contributed by atoms with Gasteiger partial charge in [0, 0.05) is 41.2 Å². The molecule has 6 nitrogen and oxygen atoms in total. The Kier molecular flexibility index (Phi) is 5.79. The molecule has 0 spiro atoms. The second-order valence-corrected chi connectivity index (χ2v) is 9.66. The van der Waals surface area contributed by atoms with Gasteiger partial charge in [-0.05, 0) is 62.2 Å². The summed E-state index contributed by atoms with van der Waals surface area (Å²) in [5.74, 6) is 0.215. The largest absolute Gasteiger partial charge is 0.368 e. The van der Waals surface area contributed by atoms with Gasteiger partial charge in [0.1, 0.15) is 12.1 Å². The lowest BCUT2D eigenvalue weighted by Gasteiger charge is -2.36. The predicted molar refractivity (Wildman–Crippen MR) is 116 cm³/mol. The summed E-state index contributed by atoms with van der Waals surface area (Å²) in [6.45, 7) is 3.36. The molecule has 1 aliphatic rings. The first-order valence-corrected chi connectivity index (χ1v) is 11.0. The van der Waals surface area contributed by atoms with Gasteiger partial charge in [-0.1, -0.05) is 0 Å². The first kappa shape index (κ1) is 19.5. The zero-order valence-electron chi connectivity index (χ0n) is 14.7. The van der Waals surface area contributed by atoms with Gasteiger partial charge in [0.2, 0.25) is 5.95 Å². The number of halogens is 3. The molecule has 1 saturated heterocycles. The fourth-order valence-corrected chi connectivity index (χ4v) is 5.24. The lowest BCUT2D eigenvalue weighted by atomic mass is 10.2. The summed E-state index contributed by atoms with van der Waals surface area (Å²) in [5, 5.41) is 0. The maximum atomic E-state index is 13.1. The predicted octanol–water partition coefficient (Wildman–Crippen LogP) is 3.74. The molecule has 4 rings (SSSR count). The van der Waals surface area contributed by atoms with Crippen molar-refractivity contribution in [3.63, 3.8) is 0 Å². The Labute approximate surface area is 181 Å². The minimum atomic E-state index is -0.313. The molecule has 0 N–H and O–H groups in total. The molecule has 1 fully saturated rings. The highest BCUT2D eigenvalue weighted by molar-refractivity contribution is 9.13. The number of rotatable bonds is 4. The van der Waals surface area contributed by atoms with Crippen LogP contribution in [-0.4, -0.2) is 40.7 Å². The maximum Gasteiger partial charge on any atom is 0.352 e. The van der Waals surface area contributed by atoms with Crippen molar-refractivity contribution < 1.29 is 4.39 Å². The van der Waals surface area contributed by atoms with E-state index < -0.39 is 0 Å². The van der Waals surface area contributed by atoms with Crippen LogP contribution < -0.4 is 15.5 Å². The standard InChI is InChI=1S/C18H16Br2FN5OS/c19-15-9-14(28-16(15)20)10-26-11-22-17(23-18(26)27)25-7-5-24(6-8-25)13-3-1-12(21)2-4-13/h1-4,9,11H,5-8,10H2. The van der Waals surface area contributed by atoms with Gasteiger partial charge in [0.15, 0.2) is 0 Å². The van der Waals surface area contributed by atoms with E-state index in [-0.39, 0.29) is 11.5 Å². The van der Waals surface area contributed by atoms with Crippen LogP contribution in [0.5, 0.6) is 0 Å². The number of aromatic nitrogens is 3. The Bertz CT molecular complexity index is 1010. The minimum Gasteiger partial charge on any atom is -0.368 e. The summed E-state index contributed by atoms with van der Waals surface area (Å²) in [6, 6.07) is 8.47. The van der Waals surface area contributed by atoms with E-state index in [1.54, 1.807) is 29.8 Å². The third-order valence-corrected chi connectivity index (χ3v) is 7.77. The minimum absolute atomic E-state index is 0.237. The molecule has 0 saturated carbocycles. The Morgan fingerprint density at radius 2 is 1.75 bits per heavy atom. The van der Waals surface area contributed by atoms with Crippen LogP contribution in [0.2, 0.25) is 0 Å². The summed E-state index contributed by atoms with van der Waals surface area (Å²) in [7, 11) is 0. The van der Waals surface area contributed by atoms with Gasteiger partial charge in [0.05, 0.1) is 10.3 Å². The van der Waals surface area contributed by atoms with E-state index in [1.807, 2.05) is 11.0 Å². The van der Waals surface area contributed by atoms with Crippen LogP contribution in [0, 0.1) is 5.82 Å². The van der Waals surface area contributed by atoms with Crippen LogP contribution in [0.25, 0.3) is 0 Å². The highest BCUT2D eigenvalue weighted by Crippen LogP contribution is 2.32. The molecule has 0 bridgehead atoms. The molecular weight excluding hydrogens is 513 g/mol. The average Bonchev–Trinajstić information content (AvgIpc) is 3.01. The van der Waals surface area contributed by atoms with Crippen LogP contribution in [0.15, 0.2) is 49.7 Å². The lowest BCUT2D eigenvalue weighted by Crippen LogP contribution is -2.47. The summed E-state index contributed by atoms with van der Waals surface area (Å²) in [5.41, 5.74) is 0.678. The van der Waals surface area contributed by atoms with Crippen molar-refractivity contribution in [3.8, 4) is 0 Å². The van der Waals surface area contributed by atoms with Gasteiger partial charge < -0.3 is 9.80 Å². The van der Waals surface area contributed by atoms with Crippen molar-refractivity contribution in [1.29, 1.82) is 0 Å². The third-order valence-electron chi connectivity index (χ3n) is 4.53. The molecular formula is C18H16Br2FN5OS. The van der Waals surface area contributed by atoms with E-state index in [2.05, 4.69) is 46.7 Å². The number of nitrogens with zero attached hydrogens (tertiary/aromatic N) is 5. The topological polar surface area (TPSA) is 54.3 Å². The number of anilines is 2. The number of hydrogen-bond donors (Lipinski definition) is 0. The first-order chi connectivity index (χ1) is 13.5. The SMILES string of the molecule is O=c1nc(N2CCN(c3ccc(F)cc3)CC2)ncn1Cc1cc(Br)c(Br)s1. The quantitative estimate of drug-likeness (QED) is 0.516. The lowest BCUT2D eigenvalue weighted by molar-refractivity contribution is 0.617. The van der Waals surface area contributed by atoms with E-state index in [9.17, 15) is 9.18 Å². The van der Waals surface area contributed by atoms with Gasteiger partial charge in [-0.2, -0.15) is 4.98 Å². The average molecular weight is 529 g/mol. The van der Waals surface area contributed by atoms with Gasteiger partial charge in [-0.3, -0.25) is 4.57 Å². The summed E-state index contributed by atoms with van der Waals surface area (Å²) in [6.07, 6.45) is 1.55. The molecule has 0 atom stereocenters. The van der Waals surface area contributed by atoms with Crippen LogP contribution in [0.3, 0.4) is 0 Å². The number of hydrogen-bond acceptors (Lipinski definition) is 6. The van der Waals surface area contributed by atoms with Crippen LogP contribution >= 0.6 is 43.2 Å². The second-order valence-electron chi connectivity index (χ2n) is 6.35. The molecule has 1 aliphatic heterocycles. The van der Waals surface area contributed by atoms with Crippen molar-refractivity contribution in [2.45, 2.75) is 6.54 Å². The third kappa shape index (κ3) is 4.28. The molecule has 3 aromatic rings. The fraction of sp³-hybridized carbons (Fsp3) is 0.278. The van der Waals surface area contributed by atoms with E-state index in [1.165, 1.54) is 16.7 Å². The van der Waals surface area contributed by atoms with Crippen LogP contribution in [-0.2, 0) is 6.54 Å². The molecule has 3 heterocycles. The van der Waals surface area contributed by atoms with E-state index in [0.717, 1.165) is 31.9 Å². The molecule has 28 heavy (non-hydrogen) atoms. The highest BCUT2D eigenvalue weighted by atomic mass is 79.9. The molecule has 2 aromatic heterocycles. The van der Waals surface area contributed by atoms with Crippen molar-refractivity contribution >= 4 is 54.8 Å². The summed E-state index contributed by atoms with van der Waals surface area (Å²) >= 11 is 8.48. The summed E-state index contributed by atoms with van der Waals surface area (Å²) < 4.78 is 16.6. The van der Waals surface area contributed by atoms with Crippen molar-refractivity contribution in [2.75, 3.05) is 36.0 Å². The smallest absolute Gasteiger partial charge is 0.352 e. The van der Waals surface area contributed by atoms with Crippen molar-refractivity contribution in [1.82, 2.24) is 14.5 Å². The Balaban J connectivity index is 1.42. The second kappa shape index (κ2) is 8.30. The number of thiophene rings is 1. The zero-order valence-corrected chi connectivity index (χ0v) is 18.7. The Hall–Kier alpha value is -1.78. The Morgan fingerprint density at radius 1 is 1.07 bits per heavy atom. The summed E-state index contributed by atoms with van der Waals surface area (Å²) in [4.78, 5) is 26.2. The number of benzene rings is 1. The highest BCUT2D eigenvalue weighted by Gasteiger charge is 2.20. The van der Waals surface area contributed by atoms with E-state index in [4.69, 9.17) is 0 Å². The van der Waals surface area contributed by atoms with Crippen molar-refractivity contribution in [2.24, 2.45) is 0 Å². The van der Waals surface area contributed by atoms with Crippen LogP contribution in [0.4, 0.5) is 16.0 Å². The van der Waals surface area contributed by atoms with Gasteiger partial charge in [0.25, 0.3) is 0 Å². The maximum absolute atomic E-state index is 13.1. The zero-order chi connectivity index (χ0) is 19.7. The molecule has 146 valence electrons. The molecule has 10 heteroatoms. The molecule has 0 radical (unpaired) electrons. The fourth-order valence-electron chi connectivity index (χ4n) is 3.06.